The number of hydrogen-bond acceptors (Lipinski definition) is 6. The van der Waals surface area contributed by atoms with Gasteiger partial charge in [0, 0.05) is 23.0 Å². The highest BCUT2D eigenvalue weighted by Gasteiger charge is 2.20. The number of ketones is 1. The maximum absolute atomic E-state index is 12.8. The highest BCUT2D eigenvalue weighted by atomic mass is 16.7. The second kappa shape index (κ2) is 6.74. The monoisotopic (exact) mass is 375 g/mol. The normalized spacial score (nSPS) is 12.9. The summed E-state index contributed by atoms with van der Waals surface area (Å²) in [6.07, 6.45) is 1.60. The summed E-state index contributed by atoms with van der Waals surface area (Å²) < 4.78 is 17.7. The minimum absolute atomic E-state index is 0.0375. The van der Waals surface area contributed by atoms with Crippen molar-refractivity contribution in [3.8, 4) is 23.4 Å². The topological polar surface area (TPSA) is 90.3 Å². The van der Waals surface area contributed by atoms with Crippen molar-refractivity contribution in [3.05, 3.63) is 64.2 Å². The average molecular weight is 375 g/mol. The zero-order valence-electron chi connectivity index (χ0n) is 15.6. The summed E-state index contributed by atoms with van der Waals surface area (Å²) in [6.45, 7) is 5.79. The van der Waals surface area contributed by atoms with Crippen molar-refractivity contribution >= 4 is 11.9 Å². The molecule has 0 N–H and O–H groups in total. The Kier molecular flexibility index (Phi) is 4.24. The van der Waals surface area contributed by atoms with E-state index in [0.29, 0.717) is 28.6 Å². The van der Waals surface area contributed by atoms with Gasteiger partial charge < -0.3 is 14.0 Å². The molecule has 2 aromatic heterocycles. The molecule has 0 aliphatic carbocycles. The number of rotatable bonds is 4. The first-order valence-corrected chi connectivity index (χ1v) is 8.66. The van der Waals surface area contributed by atoms with Gasteiger partial charge in [-0.1, -0.05) is 5.16 Å². The lowest BCUT2D eigenvalue weighted by Crippen LogP contribution is -2.02. The number of benzene rings is 1. The molecule has 7 nitrogen and oxygen atoms in total. The van der Waals surface area contributed by atoms with Crippen molar-refractivity contribution in [2.75, 3.05) is 6.79 Å². The molecule has 0 unspecified atom stereocenters. The van der Waals surface area contributed by atoms with Crippen LogP contribution in [0.25, 0.3) is 11.9 Å². The van der Waals surface area contributed by atoms with Crippen LogP contribution in [0, 0.1) is 32.1 Å². The predicted molar refractivity (Wildman–Crippen MR) is 101 cm³/mol. The molecule has 0 bridgehead atoms. The number of fused-ring (bicyclic) bond motifs is 1. The number of Topliss-reactive ketones (excluding diaryl/α,β-unsaturated/α-hetero) is 1. The first-order valence-electron chi connectivity index (χ1n) is 8.66. The van der Waals surface area contributed by atoms with Crippen molar-refractivity contribution in [2.45, 2.75) is 20.8 Å². The Morgan fingerprint density at radius 1 is 1.18 bits per heavy atom. The molecule has 0 radical (unpaired) electrons. The molecule has 3 aromatic rings. The van der Waals surface area contributed by atoms with Crippen LogP contribution in [-0.4, -0.2) is 22.3 Å². The zero-order chi connectivity index (χ0) is 19.8. The largest absolute Gasteiger partial charge is 0.454 e. The maximum atomic E-state index is 12.8. The molecule has 0 saturated carbocycles. The van der Waals surface area contributed by atoms with E-state index in [1.54, 1.807) is 24.3 Å². The van der Waals surface area contributed by atoms with Crippen LogP contribution in [0.3, 0.4) is 0 Å². The molecule has 1 aliphatic heterocycles. The molecule has 0 fully saturated rings. The Hall–Kier alpha value is -3.79. The van der Waals surface area contributed by atoms with E-state index >= 15 is 0 Å². The molecule has 28 heavy (non-hydrogen) atoms. The Labute approximate surface area is 161 Å². The van der Waals surface area contributed by atoms with Gasteiger partial charge in [-0.05, 0) is 56.7 Å². The Morgan fingerprint density at radius 2 is 1.96 bits per heavy atom. The number of nitriles is 1. The molecule has 7 heteroatoms. The number of nitrogens with zero attached hydrogens (tertiary/aromatic N) is 3. The third kappa shape index (κ3) is 2.95. The molecule has 1 aliphatic rings. The summed E-state index contributed by atoms with van der Waals surface area (Å²) in [5.41, 5.74) is 2.96. The van der Waals surface area contributed by atoms with Crippen molar-refractivity contribution in [1.82, 2.24) is 9.72 Å². The summed E-state index contributed by atoms with van der Waals surface area (Å²) >= 11 is 0. The van der Waals surface area contributed by atoms with E-state index in [2.05, 4.69) is 5.16 Å². The van der Waals surface area contributed by atoms with Gasteiger partial charge in [-0.25, -0.2) is 0 Å². The number of allylic oxidation sites excluding steroid dienone is 1. The fourth-order valence-electron chi connectivity index (χ4n) is 3.24. The van der Waals surface area contributed by atoms with E-state index in [-0.39, 0.29) is 18.1 Å². The van der Waals surface area contributed by atoms with E-state index in [0.717, 1.165) is 17.0 Å². The molecular formula is C21H17N3O4. The quantitative estimate of drug-likeness (QED) is 0.390. The van der Waals surface area contributed by atoms with Gasteiger partial charge in [0.15, 0.2) is 17.3 Å². The summed E-state index contributed by atoms with van der Waals surface area (Å²) in [7, 11) is 0. The van der Waals surface area contributed by atoms with Crippen LogP contribution in [0.2, 0.25) is 0 Å². The molecule has 140 valence electrons. The fourth-order valence-corrected chi connectivity index (χ4v) is 3.24. The second-order valence-corrected chi connectivity index (χ2v) is 6.52. The van der Waals surface area contributed by atoms with Crippen molar-refractivity contribution in [2.24, 2.45) is 0 Å². The molecule has 1 aromatic carbocycles. The van der Waals surface area contributed by atoms with E-state index < -0.39 is 0 Å². The number of carbonyl (C=O) groups is 1. The van der Waals surface area contributed by atoms with Crippen LogP contribution in [0.1, 0.15) is 33.1 Å². The Morgan fingerprint density at radius 3 is 2.68 bits per heavy atom. The first-order chi connectivity index (χ1) is 13.5. The standard InChI is InChI=1S/C21H17N3O4/c1-12-6-16(14(3)24(12)20-7-13(2)28-23-20)8-17(10-22)21(25)15-4-5-18-19(9-15)27-11-26-18/h4-9H,11H2,1-3H3/b17-8-. The van der Waals surface area contributed by atoms with Gasteiger partial charge in [0.1, 0.15) is 17.4 Å². The minimum atomic E-state index is -0.372. The number of hydrogen-bond donors (Lipinski definition) is 0. The van der Waals surface area contributed by atoms with Gasteiger partial charge in [0.25, 0.3) is 0 Å². The average Bonchev–Trinajstić information content (AvgIpc) is 3.38. The molecule has 0 saturated heterocycles. The molecule has 3 heterocycles. The highest BCUT2D eigenvalue weighted by Crippen LogP contribution is 2.33. The van der Waals surface area contributed by atoms with E-state index in [9.17, 15) is 10.1 Å². The van der Waals surface area contributed by atoms with Gasteiger partial charge in [0.2, 0.25) is 12.6 Å². The van der Waals surface area contributed by atoms with Gasteiger partial charge in [-0.2, -0.15) is 5.26 Å². The van der Waals surface area contributed by atoms with E-state index in [4.69, 9.17) is 14.0 Å². The lowest BCUT2D eigenvalue weighted by Gasteiger charge is -2.04. The van der Waals surface area contributed by atoms with Crippen LogP contribution < -0.4 is 9.47 Å². The Balaban J connectivity index is 1.71. The smallest absolute Gasteiger partial charge is 0.231 e. The molecule has 4 rings (SSSR count). The predicted octanol–water partition coefficient (Wildman–Crippen LogP) is 3.91. The third-order valence-corrected chi connectivity index (χ3v) is 4.61. The van der Waals surface area contributed by atoms with Crippen LogP contribution in [0.15, 0.2) is 40.4 Å². The number of ether oxygens (including phenoxy) is 2. The van der Waals surface area contributed by atoms with Crippen molar-refractivity contribution < 1.29 is 18.8 Å². The number of aryl methyl sites for hydroxylation is 2. The van der Waals surface area contributed by atoms with Crippen LogP contribution >= 0.6 is 0 Å². The summed E-state index contributed by atoms with van der Waals surface area (Å²) in [5, 5.41) is 13.6. The van der Waals surface area contributed by atoms with Gasteiger partial charge >= 0.3 is 0 Å². The van der Waals surface area contributed by atoms with Crippen LogP contribution in [-0.2, 0) is 0 Å². The molecule has 0 spiro atoms. The lowest BCUT2D eigenvalue weighted by molar-refractivity contribution is 0.103. The Bertz CT molecular complexity index is 1160. The van der Waals surface area contributed by atoms with Crippen molar-refractivity contribution in [1.29, 1.82) is 5.26 Å². The fraction of sp³-hybridized carbons (Fsp3) is 0.190. The number of carbonyl (C=O) groups excluding carboxylic acids is 1. The van der Waals surface area contributed by atoms with Gasteiger partial charge in [-0.3, -0.25) is 9.36 Å². The van der Waals surface area contributed by atoms with E-state index in [1.807, 2.05) is 43.5 Å². The van der Waals surface area contributed by atoms with E-state index in [1.165, 1.54) is 0 Å². The maximum Gasteiger partial charge on any atom is 0.231 e. The second-order valence-electron chi connectivity index (χ2n) is 6.52. The minimum Gasteiger partial charge on any atom is -0.454 e. The van der Waals surface area contributed by atoms with Gasteiger partial charge in [-0.15, -0.1) is 0 Å². The highest BCUT2D eigenvalue weighted by molar-refractivity contribution is 6.14. The third-order valence-electron chi connectivity index (χ3n) is 4.61. The SMILES string of the molecule is Cc1cc(-n2c(C)cc(/C=C(/C#N)C(=O)c3ccc4c(c3)OCO4)c2C)no1. The lowest BCUT2D eigenvalue weighted by atomic mass is 10.0. The molecule has 0 amide bonds. The molecule has 0 atom stereocenters. The van der Waals surface area contributed by atoms with Crippen LogP contribution in [0.4, 0.5) is 0 Å². The summed E-state index contributed by atoms with van der Waals surface area (Å²) in [5.74, 6) is 2.08. The zero-order valence-corrected chi connectivity index (χ0v) is 15.6. The van der Waals surface area contributed by atoms with Crippen molar-refractivity contribution in [3.63, 3.8) is 0 Å². The van der Waals surface area contributed by atoms with Gasteiger partial charge in [0.05, 0.1) is 0 Å². The molecular weight excluding hydrogens is 358 g/mol. The summed E-state index contributed by atoms with van der Waals surface area (Å²) in [6, 6.07) is 10.6. The number of aromatic nitrogens is 2. The first kappa shape index (κ1) is 17.6. The van der Waals surface area contributed by atoms with Crippen LogP contribution in [0.5, 0.6) is 11.5 Å². The summed E-state index contributed by atoms with van der Waals surface area (Å²) in [4.78, 5) is 12.8.